The number of phenolic OH excluding ortho intramolecular Hbond substituents is 1. The van der Waals surface area contributed by atoms with Crippen molar-refractivity contribution in [3.63, 3.8) is 0 Å². The fourth-order valence-corrected chi connectivity index (χ4v) is 1.63. The van der Waals surface area contributed by atoms with Crippen LogP contribution in [-0.2, 0) is 0 Å². The number of rotatable bonds is 2. The van der Waals surface area contributed by atoms with Crippen molar-refractivity contribution < 1.29 is 9.84 Å². The monoisotopic (exact) mass is 214 g/mol. The minimum atomic E-state index is 0.212. The van der Waals surface area contributed by atoms with Crippen molar-refractivity contribution in [1.82, 2.24) is 0 Å². The van der Waals surface area contributed by atoms with Gasteiger partial charge < -0.3 is 9.84 Å². The van der Waals surface area contributed by atoms with Crippen molar-refractivity contribution in [3.8, 4) is 17.2 Å². The number of phenols is 1. The summed E-state index contributed by atoms with van der Waals surface area (Å²) in [5.41, 5.74) is 2.17. The number of para-hydroxylation sites is 1. The molecule has 0 radical (unpaired) electrons. The number of ether oxygens (including phenoxy) is 1. The Morgan fingerprint density at radius 3 is 2.19 bits per heavy atom. The summed E-state index contributed by atoms with van der Waals surface area (Å²) in [6.45, 7) is 4.01. The molecule has 2 aromatic carbocycles. The second kappa shape index (κ2) is 4.27. The normalized spacial score (nSPS) is 10.1. The third-order valence-electron chi connectivity index (χ3n) is 2.45. The van der Waals surface area contributed by atoms with Crippen molar-refractivity contribution in [1.29, 1.82) is 0 Å². The van der Waals surface area contributed by atoms with Gasteiger partial charge >= 0.3 is 0 Å². The number of aryl methyl sites for hydroxylation is 2. The van der Waals surface area contributed by atoms with Crippen LogP contribution < -0.4 is 4.74 Å². The molecule has 0 aliphatic carbocycles. The Morgan fingerprint density at radius 1 is 0.938 bits per heavy atom. The molecule has 0 spiro atoms. The Labute approximate surface area is 95.1 Å². The van der Waals surface area contributed by atoms with Crippen LogP contribution in [0, 0.1) is 13.8 Å². The Kier molecular flexibility index (Phi) is 2.82. The molecule has 0 saturated heterocycles. The maximum absolute atomic E-state index is 9.35. The second-order valence-electron chi connectivity index (χ2n) is 3.82. The van der Waals surface area contributed by atoms with Gasteiger partial charge in [0.2, 0.25) is 0 Å². The van der Waals surface area contributed by atoms with Gasteiger partial charge in [-0.3, -0.25) is 0 Å². The summed E-state index contributed by atoms with van der Waals surface area (Å²) in [6.07, 6.45) is 0. The molecule has 2 aromatic rings. The third-order valence-corrected chi connectivity index (χ3v) is 2.45. The van der Waals surface area contributed by atoms with E-state index >= 15 is 0 Å². The first kappa shape index (κ1) is 10.6. The molecule has 0 heterocycles. The van der Waals surface area contributed by atoms with Crippen LogP contribution in [0.5, 0.6) is 17.2 Å². The smallest absolute Gasteiger partial charge is 0.133 e. The number of benzene rings is 2. The summed E-state index contributed by atoms with van der Waals surface area (Å²) < 4.78 is 5.76. The molecule has 0 amide bonds. The lowest BCUT2D eigenvalue weighted by atomic mass is 10.1. The minimum absolute atomic E-state index is 0.212. The predicted octanol–water partition coefficient (Wildman–Crippen LogP) is 3.80. The van der Waals surface area contributed by atoms with Crippen LogP contribution in [0.1, 0.15) is 11.1 Å². The molecule has 2 nitrogen and oxygen atoms in total. The van der Waals surface area contributed by atoms with E-state index in [1.54, 1.807) is 18.2 Å². The molecule has 2 rings (SSSR count). The average Bonchev–Trinajstić information content (AvgIpc) is 2.24. The van der Waals surface area contributed by atoms with E-state index in [1.165, 1.54) is 0 Å². The predicted molar refractivity (Wildman–Crippen MR) is 64.1 cm³/mol. The van der Waals surface area contributed by atoms with E-state index in [2.05, 4.69) is 0 Å². The second-order valence-corrected chi connectivity index (χ2v) is 3.82. The highest BCUT2D eigenvalue weighted by Gasteiger charge is 2.04. The molecule has 1 N–H and O–H groups in total. The molecule has 16 heavy (non-hydrogen) atoms. The van der Waals surface area contributed by atoms with Crippen LogP contribution >= 0.6 is 0 Å². The minimum Gasteiger partial charge on any atom is -0.508 e. The van der Waals surface area contributed by atoms with Crippen molar-refractivity contribution in [3.05, 3.63) is 53.6 Å². The first-order valence-corrected chi connectivity index (χ1v) is 5.20. The topological polar surface area (TPSA) is 29.5 Å². The molecule has 82 valence electrons. The molecular formula is C14H14O2. The van der Waals surface area contributed by atoms with E-state index in [0.29, 0.717) is 5.75 Å². The van der Waals surface area contributed by atoms with Gasteiger partial charge in [0.15, 0.2) is 0 Å². The summed E-state index contributed by atoms with van der Waals surface area (Å²) >= 11 is 0. The molecule has 0 aromatic heterocycles. The molecule has 0 unspecified atom stereocenters. The fraction of sp³-hybridized carbons (Fsp3) is 0.143. The van der Waals surface area contributed by atoms with Crippen molar-refractivity contribution in [2.75, 3.05) is 0 Å². The van der Waals surface area contributed by atoms with Crippen LogP contribution in [0.15, 0.2) is 42.5 Å². The van der Waals surface area contributed by atoms with E-state index < -0.39 is 0 Å². The highest BCUT2D eigenvalue weighted by molar-refractivity contribution is 5.44. The van der Waals surface area contributed by atoms with Crippen molar-refractivity contribution in [2.45, 2.75) is 13.8 Å². The van der Waals surface area contributed by atoms with E-state index in [0.717, 1.165) is 16.9 Å². The van der Waals surface area contributed by atoms with Gasteiger partial charge in [-0.1, -0.05) is 24.3 Å². The lowest BCUT2D eigenvalue weighted by Gasteiger charge is -2.11. The molecule has 0 aliphatic heterocycles. The highest BCUT2D eigenvalue weighted by Crippen LogP contribution is 2.29. The van der Waals surface area contributed by atoms with Gasteiger partial charge in [0, 0.05) is 6.07 Å². The average molecular weight is 214 g/mol. The van der Waals surface area contributed by atoms with Crippen LogP contribution in [-0.4, -0.2) is 5.11 Å². The van der Waals surface area contributed by atoms with Gasteiger partial charge in [-0.15, -0.1) is 0 Å². The molecule has 0 bridgehead atoms. The molecule has 0 saturated carbocycles. The molecule has 2 heteroatoms. The molecule has 0 fully saturated rings. The van der Waals surface area contributed by atoms with Gasteiger partial charge in [0.05, 0.1) is 0 Å². The van der Waals surface area contributed by atoms with Gasteiger partial charge in [-0.05, 0) is 37.1 Å². The Bertz CT molecular complexity index is 484. The number of hydrogen-bond acceptors (Lipinski definition) is 2. The molecule has 0 aliphatic rings. The Hall–Kier alpha value is -1.96. The standard InChI is InChI=1S/C14H14O2/c1-10-5-3-6-11(2)14(10)16-13-8-4-7-12(15)9-13/h3-9,15H,1-2H3. The Balaban J connectivity index is 2.34. The van der Waals surface area contributed by atoms with Crippen LogP contribution in [0.4, 0.5) is 0 Å². The lowest BCUT2D eigenvalue weighted by Crippen LogP contribution is -1.90. The zero-order chi connectivity index (χ0) is 11.5. The van der Waals surface area contributed by atoms with Crippen LogP contribution in [0.3, 0.4) is 0 Å². The SMILES string of the molecule is Cc1cccc(C)c1Oc1cccc(O)c1. The number of hydrogen-bond donors (Lipinski definition) is 1. The quantitative estimate of drug-likeness (QED) is 0.823. The van der Waals surface area contributed by atoms with Crippen LogP contribution in [0.2, 0.25) is 0 Å². The lowest BCUT2D eigenvalue weighted by molar-refractivity contribution is 0.452. The molecular weight excluding hydrogens is 200 g/mol. The zero-order valence-electron chi connectivity index (χ0n) is 9.40. The van der Waals surface area contributed by atoms with E-state index in [-0.39, 0.29) is 5.75 Å². The maximum atomic E-state index is 9.35. The highest BCUT2D eigenvalue weighted by atomic mass is 16.5. The van der Waals surface area contributed by atoms with Crippen molar-refractivity contribution in [2.24, 2.45) is 0 Å². The summed E-state index contributed by atoms with van der Waals surface area (Å²) in [5.74, 6) is 1.72. The van der Waals surface area contributed by atoms with Gasteiger partial charge in [0.25, 0.3) is 0 Å². The summed E-state index contributed by atoms with van der Waals surface area (Å²) in [7, 11) is 0. The van der Waals surface area contributed by atoms with E-state index in [4.69, 9.17) is 4.74 Å². The van der Waals surface area contributed by atoms with Crippen molar-refractivity contribution >= 4 is 0 Å². The molecule has 0 atom stereocenters. The zero-order valence-corrected chi connectivity index (χ0v) is 9.40. The largest absolute Gasteiger partial charge is 0.508 e. The van der Waals surface area contributed by atoms with Gasteiger partial charge in [-0.25, -0.2) is 0 Å². The maximum Gasteiger partial charge on any atom is 0.133 e. The van der Waals surface area contributed by atoms with Crippen LogP contribution in [0.25, 0.3) is 0 Å². The summed E-state index contributed by atoms with van der Waals surface area (Å²) in [5, 5.41) is 9.35. The summed E-state index contributed by atoms with van der Waals surface area (Å²) in [6, 6.07) is 12.8. The number of aromatic hydroxyl groups is 1. The first-order valence-electron chi connectivity index (χ1n) is 5.20. The van der Waals surface area contributed by atoms with E-state index in [1.807, 2.05) is 38.1 Å². The first-order chi connectivity index (χ1) is 7.66. The Morgan fingerprint density at radius 2 is 1.56 bits per heavy atom. The summed E-state index contributed by atoms with van der Waals surface area (Å²) in [4.78, 5) is 0. The fourth-order valence-electron chi connectivity index (χ4n) is 1.63. The third kappa shape index (κ3) is 2.16. The van der Waals surface area contributed by atoms with Gasteiger partial charge in [0.1, 0.15) is 17.2 Å². The van der Waals surface area contributed by atoms with E-state index in [9.17, 15) is 5.11 Å². The van der Waals surface area contributed by atoms with Gasteiger partial charge in [-0.2, -0.15) is 0 Å².